The zero-order chi connectivity index (χ0) is 16.6. The molecular weight excluding hydrogens is 610 g/mol. The number of carbonyl (C=O) groups is 4. The van der Waals surface area contributed by atoms with E-state index in [1.54, 1.807) is 0 Å². The van der Waals surface area contributed by atoms with Crippen LogP contribution in [0, 0.1) is 0 Å². The monoisotopic (exact) mass is 620 g/mol. The number of hydrogen-bond acceptors (Lipinski definition) is 8. The molecule has 8 N–H and O–H groups in total. The molecule has 12 nitrogen and oxygen atoms in total. The first kappa shape index (κ1) is 41.1. The van der Waals surface area contributed by atoms with E-state index in [0.717, 1.165) is 0 Å². The van der Waals surface area contributed by atoms with E-state index in [0.29, 0.717) is 0 Å². The Bertz CT molecular complexity index is 323. The molecule has 0 rings (SSSR count). The van der Waals surface area contributed by atoms with Gasteiger partial charge in [-0.1, -0.05) is 0 Å². The summed E-state index contributed by atoms with van der Waals surface area (Å²) in [7, 11) is 0. The zero-order valence-electron chi connectivity index (χ0n) is 12.4. The molecule has 0 aliphatic carbocycles. The van der Waals surface area contributed by atoms with Gasteiger partial charge in [-0.15, -0.1) is 0 Å². The van der Waals surface area contributed by atoms with Gasteiger partial charge in [-0.3, -0.25) is 0 Å². The van der Waals surface area contributed by atoms with E-state index in [9.17, 15) is 19.2 Å². The van der Waals surface area contributed by atoms with Gasteiger partial charge < -0.3 is 40.9 Å². The Morgan fingerprint density at radius 3 is 0.583 bits per heavy atom. The topological polar surface area (TPSA) is 230 Å². The van der Waals surface area contributed by atoms with Gasteiger partial charge in [-0.05, 0) is 0 Å². The Labute approximate surface area is 254 Å². The first-order valence-electron chi connectivity index (χ1n) is 4.57. The van der Waals surface area contributed by atoms with E-state index in [4.69, 9.17) is 40.9 Å². The molecule has 24 heavy (non-hydrogen) atoms. The van der Waals surface area contributed by atoms with Crippen LogP contribution in [0.1, 0.15) is 0 Å². The van der Waals surface area contributed by atoms with Crippen LogP contribution in [0.4, 0.5) is 0 Å². The molecule has 0 fully saturated rings. The largest absolute Gasteiger partial charge is 0.479 e. The summed E-state index contributed by atoms with van der Waals surface area (Å²) in [6.45, 7) is 0. The van der Waals surface area contributed by atoms with Crippen molar-refractivity contribution < 1.29 is 60.0 Å². The van der Waals surface area contributed by atoms with Crippen molar-refractivity contribution in [1.82, 2.24) is 0 Å². The molecule has 16 heteroatoms. The Morgan fingerprint density at radius 2 is 0.542 bits per heavy atom. The fraction of sp³-hybridized carbons (Fsp3) is 0.500. The van der Waals surface area contributed by atoms with E-state index < -0.39 is 48.3 Å². The molecule has 0 aromatic rings. The average molecular weight is 622 g/mol. The smallest absolute Gasteiger partial charge is 0.335 e. The van der Waals surface area contributed by atoms with E-state index >= 15 is 0 Å². The number of carboxylic acid groups (broad SMARTS) is 4. The number of aliphatic hydroxyl groups is 4. The number of carboxylic acids is 4. The Morgan fingerprint density at radius 1 is 0.458 bits per heavy atom. The Balaban J connectivity index is -0.0000000579. The second kappa shape index (κ2) is 21.9. The Hall–Kier alpha value is 2.63. The standard InChI is InChI=1S/2C4H6O6.2K.2Sb/c2*5-1(3(7)8)2(6)4(9)10;;;;/h2*1-2,5-6H,(H,7,8)(H,9,10);;;;. The molecule has 128 valence electrons. The third-order valence-electron chi connectivity index (χ3n) is 1.61. The van der Waals surface area contributed by atoms with E-state index in [1.165, 1.54) is 0 Å². The summed E-state index contributed by atoms with van der Waals surface area (Å²) < 4.78 is 0. The second-order valence-corrected chi connectivity index (χ2v) is 3.13. The molecule has 0 saturated heterocycles. The number of rotatable bonds is 6. The van der Waals surface area contributed by atoms with Gasteiger partial charge in [-0.25, -0.2) is 19.2 Å². The second-order valence-electron chi connectivity index (χ2n) is 3.13. The third-order valence-corrected chi connectivity index (χ3v) is 1.61. The van der Waals surface area contributed by atoms with Gasteiger partial charge in [0.1, 0.15) is 0 Å². The fourth-order valence-electron chi connectivity index (χ4n) is 0.540. The quantitative estimate of drug-likeness (QED) is 0.130. The van der Waals surface area contributed by atoms with Gasteiger partial charge in [-0.2, -0.15) is 0 Å². The van der Waals surface area contributed by atoms with Crippen molar-refractivity contribution in [3.63, 3.8) is 0 Å². The van der Waals surface area contributed by atoms with Gasteiger partial charge in [0, 0.05) is 152 Å². The maximum absolute atomic E-state index is 9.77. The third kappa shape index (κ3) is 19.4. The molecule has 8 radical (unpaired) electrons. The van der Waals surface area contributed by atoms with Crippen molar-refractivity contribution in [1.29, 1.82) is 0 Å². The molecule has 0 saturated carbocycles. The number of hydrogen-bond donors (Lipinski definition) is 8. The zero-order valence-corrected chi connectivity index (χ0v) is 23.8. The predicted molar refractivity (Wildman–Crippen MR) is 77.6 cm³/mol. The molecule has 0 aliphatic rings. The van der Waals surface area contributed by atoms with Crippen LogP contribution in [0.5, 0.6) is 0 Å². The fourth-order valence-corrected chi connectivity index (χ4v) is 0.540. The average Bonchev–Trinajstić information content (AvgIpc) is 2.35. The van der Waals surface area contributed by atoms with E-state index in [2.05, 4.69) is 0 Å². The van der Waals surface area contributed by atoms with Gasteiger partial charge >= 0.3 is 23.9 Å². The van der Waals surface area contributed by atoms with Crippen molar-refractivity contribution in [2.24, 2.45) is 0 Å². The molecule has 0 aromatic carbocycles. The summed E-state index contributed by atoms with van der Waals surface area (Å²) in [4.78, 5) is 39.1. The van der Waals surface area contributed by atoms with Crippen LogP contribution in [0.3, 0.4) is 0 Å². The summed E-state index contributed by atoms with van der Waals surface area (Å²) >= 11 is 0. The van der Waals surface area contributed by atoms with Crippen molar-refractivity contribution in [2.45, 2.75) is 24.4 Å². The summed E-state index contributed by atoms with van der Waals surface area (Å²) in [5, 5.41) is 65.1. The molecule has 0 spiro atoms. The summed E-state index contributed by atoms with van der Waals surface area (Å²) in [6, 6.07) is 0. The van der Waals surface area contributed by atoms with E-state index in [-0.39, 0.29) is 152 Å². The normalized spacial score (nSPS) is 13.2. The SMILES string of the molecule is O=C(O)C(O)C(O)C(=O)O.O=C(O)C(O)C(O)C(=O)O.[K].[K].[Sb].[Sb]. The Kier molecular flexibility index (Phi) is 37.5. The van der Waals surface area contributed by atoms with Crippen LogP contribution in [0.25, 0.3) is 0 Å². The van der Waals surface area contributed by atoms with Crippen LogP contribution in [-0.2, 0) is 19.2 Å². The summed E-state index contributed by atoms with van der Waals surface area (Å²) in [5.74, 6) is -7.07. The minimum absolute atomic E-state index is 0. The molecule has 0 heterocycles. The molecule has 0 aliphatic heterocycles. The molecule has 4 unspecified atom stereocenters. The van der Waals surface area contributed by atoms with Crippen molar-refractivity contribution in [3.8, 4) is 0 Å². The first-order valence-corrected chi connectivity index (χ1v) is 4.57. The van der Waals surface area contributed by atoms with Crippen LogP contribution in [0.2, 0.25) is 0 Å². The maximum atomic E-state index is 9.77. The minimum Gasteiger partial charge on any atom is -0.479 e. The van der Waals surface area contributed by atoms with Gasteiger partial charge in [0.25, 0.3) is 0 Å². The van der Waals surface area contributed by atoms with Crippen LogP contribution in [0.15, 0.2) is 0 Å². The van der Waals surface area contributed by atoms with Crippen LogP contribution >= 0.6 is 0 Å². The van der Waals surface area contributed by atoms with Crippen LogP contribution < -0.4 is 0 Å². The molecule has 0 bridgehead atoms. The first-order chi connectivity index (χ1) is 8.93. The molecule has 0 amide bonds. The molecule has 4 atom stereocenters. The van der Waals surface area contributed by atoms with Crippen molar-refractivity contribution in [2.75, 3.05) is 0 Å². The molecular formula is C8H12K2O12Sb2. The van der Waals surface area contributed by atoms with Gasteiger partial charge in [0.2, 0.25) is 0 Å². The number of aliphatic carboxylic acids is 4. The van der Waals surface area contributed by atoms with Crippen molar-refractivity contribution in [3.05, 3.63) is 0 Å². The summed E-state index contributed by atoms with van der Waals surface area (Å²) in [5.41, 5.74) is 0. The van der Waals surface area contributed by atoms with E-state index in [1.807, 2.05) is 0 Å². The minimum atomic E-state index is -2.27. The van der Waals surface area contributed by atoms with Gasteiger partial charge in [0.05, 0.1) is 0 Å². The maximum Gasteiger partial charge on any atom is 0.335 e. The number of aliphatic hydroxyl groups excluding tert-OH is 4. The van der Waals surface area contributed by atoms with Gasteiger partial charge in [0.15, 0.2) is 24.4 Å². The predicted octanol–water partition coefficient (Wildman–Crippen LogP) is -5.77. The summed E-state index contributed by atoms with van der Waals surface area (Å²) in [6.07, 6.45) is -9.06. The molecule has 0 aromatic heterocycles. The van der Waals surface area contributed by atoms with Crippen LogP contribution in [-0.4, -0.2) is 241 Å². The van der Waals surface area contributed by atoms with Crippen molar-refractivity contribution >= 4 is 176 Å².